The molecular formula is C19H26N6O3. The highest BCUT2D eigenvalue weighted by atomic mass is 16.5. The number of guanidine groups is 1. The minimum Gasteiger partial charge on any atom is -0.504 e. The first-order valence-electron chi connectivity index (χ1n) is 9.11. The van der Waals surface area contributed by atoms with Crippen molar-refractivity contribution in [2.24, 2.45) is 12.0 Å². The number of aromatic hydroxyl groups is 1. The number of aromatic nitrogens is 2. The van der Waals surface area contributed by atoms with Gasteiger partial charge in [-0.1, -0.05) is 6.07 Å². The maximum atomic E-state index is 12.3. The number of rotatable bonds is 4. The molecule has 9 nitrogen and oxygen atoms in total. The highest BCUT2D eigenvalue weighted by Crippen LogP contribution is 2.26. The van der Waals surface area contributed by atoms with Gasteiger partial charge in [-0.15, -0.1) is 0 Å². The molecule has 0 amide bonds. The minimum atomic E-state index is -0.0854. The average molecular weight is 386 g/mol. The van der Waals surface area contributed by atoms with Crippen LogP contribution < -0.4 is 20.5 Å². The minimum absolute atomic E-state index is 0.0854. The van der Waals surface area contributed by atoms with Crippen molar-refractivity contribution in [2.45, 2.75) is 6.54 Å². The van der Waals surface area contributed by atoms with Gasteiger partial charge in [0.1, 0.15) is 0 Å². The summed E-state index contributed by atoms with van der Waals surface area (Å²) in [5.41, 5.74) is 0.841. The summed E-state index contributed by atoms with van der Waals surface area (Å²) < 4.78 is 6.61. The normalized spacial score (nSPS) is 14.9. The van der Waals surface area contributed by atoms with Crippen molar-refractivity contribution in [3.8, 4) is 11.5 Å². The van der Waals surface area contributed by atoms with Crippen molar-refractivity contribution in [3.05, 3.63) is 46.5 Å². The second kappa shape index (κ2) is 8.64. The fraction of sp³-hybridized carbons (Fsp3) is 0.421. The van der Waals surface area contributed by atoms with Gasteiger partial charge in [0, 0.05) is 59.2 Å². The molecule has 9 heteroatoms. The summed E-state index contributed by atoms with van der Waals surface area (Å²) in [5, 5.41) is 13.2. The molecule has 1 aliphatic rings. The maximum Gasteiger partial charge on any atom is 0.293 e. The molecule has 1 fully saturated rings. The van der Waals surface area contributed by atoms with Crippen LogP contribution >= 0.6 is 0 Å². The van der Waals surface area contributed by atoms with Crippen LogP contribution in [0, 0.1) is 0 Å². The first-order chi connectivity index (χ1) is 13.5. The first-order valence-corrected chi connectivity index (χ1v) is 9.11. The molecule has 0 radical (unpaired) electrons. The third kappa shape index (κ3) is 4.19. The van der Waals surface area contributed by atoms with Crippen LogP contribution in [0.1, 0.15) is 5.56 Å². The zero-order chi connectivity index (χ0) is 20.1. The second-order valence-electron chi connectivity index (χ2n) is 6.55. The number of phenols is 1. The lowest BCUT2D eigenvalue weighted by Crippen LogP contribution is -2.53. The van der Waals surface area contributed by atoms with Crippen molar-refractivity contribution in [2.75, 3.05) is 45.2 Å². The first kappa shape index (κ1) is 19.5. The predicted octanol–water partition coefficient (Wildman–Crippen LogP) is 0.392. The number of anilines is 1. The van der Waals surface area contributed by atoms with Gasteiger partial charge in [-0.3, -0.25) is 9.79 Å². The topological polar surface area (TPSA) is 95.2 Å². The predicted molar refractivity (Wildman–Crippen MR) is 108 cm³/mol. The van der Waals surface area contributed by atoms with Gasteiger partial charge >= 0.3 is 0 Å². The Morgan fingerprint density at radius 1 is 1.32 bits per heavy atom. The van der Waals surface area contributed by atoms with Crippen LogP contribution in [0.25, 0.3) is 0 Å². The second-order valence-corrected chi connectivity index (χ2v) is 6.55. The number of phenolic OH excluding ortho intramolecular Hbond substituents is 1. The lowest BCUT2D eigenvalue weighted by Gasteiger charge is -2.36. The van der Waals surface area contributed by atoms with Crippen LogP contribution in [0.4, 0.5) is 5.82 Å². The fourth-order valence-electron chi connectivity index (χ4n) is 3.19. The number of piperazine rings is 1. The van der Waals surface area contributed by atoms with Gasteiger partial charge in [0.05, 0.1) is 7.11 Å². The standard InChI is InChI=1S/C19H26N6O3/c1-20-19(22-13-14-4-5-16(28-3)15(26)12-14)25-10-8-24(9-11-25)17-18(27)23(2)7-6-21-17/h4-7,12,26H,8-11,13H2,1-3H3,(H,20,22). The number of benzene rings is 1. The Morgan fingerprint density at radius 2 is 2.07 bits per heavy atom. The van der Waals surface area contributed by atoms with Crippen molar-refractivity contribution in [3.63, 3.8) is 0 Å². The zero-order valence-electron chi connectivity index (χ0n) is 16.4. The molecule has 0 atom stereocenters. The monoisotopic (exact) mass is 386 g/mol. The third-order valence-corrected chi connectivity index (χ3v) is 4.78. The van der Waals surface area contributed by atoms with Gasteiger partial charge in [-0.25, -0.2) is 4.98 Å². The van der Waals surface area contributed by atoms with Crippen molar-refractivity contribution in [1.29, 1.82) is 0 Å². The van der Waals surface area contributed by atoms with E-state index in [9.17, 15) is 9.90 Å². The Labute approximate surface area is 163 Å². The molecule has 3 rings (SSSR count). The van der Waals surface area contributed by atoms with Crippen LogP contribution in [0.2, 0.25) is 0 Å². The Hall–Kier alpha value is -3.23. The van der Waals surface area contributed by atoms with Crippen molar-refractivity contribution in [1.82, 2.24) is 19.8 Å². The molecule has 0 spiro atoms. The van der Waals surface area contributed by atoms with Crippen LogP contribution in [0.5, 0.6) is 11.5 Å². The maximum absolute atomic E-state index is 12.3. The number of hydrogen-bond donors (Lipinski definition) is 2. The van der Waals surface area contributed by atoms with Gasteiger partial charge in [-0.2, -0.15) is 0 Å². The smallest absolute Gasteiger partial charge is 0.293 e. The average Bonchev–Trinajstić information content (AvgIpc) is 2.71. The summed E-state index contributed by atoms with van der Waals surface area (Å²) in [7, 11) is 5.00. The van der Waals surface area contributed by atoms with E-state index in [1.165, 1.54) is 7.11 Å². The van der Waals surface area contributed by atoms with Crippen molar-refractivity contribution >= 4 is 11.8 Å². The summed E-state index contributed by atoms with van der Waals surface area (Å²) in [6.07, 6.45) is 3.30. The van der Waals surface area contributed by atoms with Crippen LogP contribution in [-0.4, -0.2) is 65.9 Å². The van der Waals surface area contributed by atoms with E-state index in [0.29, 0.717) is 31.2 Å². The van der Waals surface area contributed by atoms with E-state index in [-0.39, 0.29) is 11.3 Å². The highest BCUT2D eigenvalue weighted by molar-refractivity contribution is 5.80. The largest absolute Gasteiger partial charge is 0.504 e. The molecule has 2 N–H and O–H groups in total. The summed E-state index contributed by atoms with van der Waals surface area (Å²) >= 11 is 0. The van der Waals surface area contributed by atoms with E-state index in [4.69, 9.17) is 4.74 Å². The summed E-state index contributed by atoms with van der Waals surface area (Å²) in [5.74, 6) is 1.83. The molecule has 1 saturated heterocycles. The summed E-state index contributed by atoms with van der Waals surface area (Å²) in [6, 6.07) is 5.31. The number of nitrogens with zero attached hydrogens (tertiary/aromatic N) is 5. The van der Waals surface area contributed by atoms with E-state index >= 15 is 0 Å². The Bertz CT molecular complexity index is 903. The van der Waals surface area contributed by atoms with E-state index in [2.05, 4.69) is 20.2 Å². The molecule has 1 aliphatic heterocycles. The van der Waals surface area contributed by atoms with Gasteiger partial charge in [0.2, 0.25) is 0 Å². The van der Waals surface area contributed by atoms with E-state index < -0.39 is 0 Å². The zero-order valence-corrected chi connectivity index (χ0v) is 16.4. The van der Waals surface area contributed by atoms with E-state index in [1.807, 2.05) is 11.0 Å². The molecule has 28 heavy (non-hydrogen) atoms. The Kier molecular flexibility index (Phi) is 6.03. The Morgan fingerprint density at radius 3 is 2.71 bits per heavy atom. The number of aryl methyl sites for hydroxylation is 1. The molecule has 1 aromatic carbocycles. The lowest BCUT2D eigenvalue weighted by atomic mass is 10.2. The Balaban J connectivity index is 1.59. The molecule has 0 bridgehead atoms. The molecule has 1 aromatic heterocycles. The van der Waals surface area contributed by atoms with E-state index in [1.54, 1.807) is 43.2 Å². The molecule has 2 heterocycles. The molecular weight excluding hydrogens is 360 g/mol. The van der Waals surface area contributed by atoms with Gasteiger partial charge < -0.3 is 29.5 Å². The number of aliphatic imine (C=N–C) groups is 1. The third-order valence-electron chi connectivity index (χ3n) is 4.78. The molecule has 0 unspecified atom stereocenters. The number of ether oxygens (including phenoxy) is 1. The summed E-state index contributed by atoms with van der Waals surface area (Å²) in [4.78, 5) is 25.0. The number of methoxy groups -OCH3 is 1. The van der Waals surface area contributed by atoms with Gasteiger partial charge in [0.25, 0.3) is 5.56 Å². The molecule has 2 aromatic rings. The van der Waals surface area contributed by atoms with Crippen LogP contribution in [-0.2, 0) is 13.6 Å². The SMILES string of the molecule is CN=C(NCc1ccc(OC)c(O)c1)N1CCN(c2nccn(C)c2=O)CC1. The quantitative estimate of drug-likeness (QED) is 0.580. The highest BCUT2D eigenvalue weighted by Gasteiger charge is 2.22. The van der Waals surface area contributed by atoms with Gasteiger partial charge in [-0.05, 0) is 17.7 Å². The van der Waals surface area contributed by atoms with Crippen LogP contribution in [0.3, 0.4) is 0 Å². The van der Waals surface area contributed by atoms with Crippen LogP contribution in [0.15, 0.2) is 40.4 Å². The number of nitrogens with one attached hydrogen (secondary N) is 1. The lowest BCUT2D eigenvalue weighted by molar-refractivity contribution is 0.369. The van der Waals surface area contributed by atoms with E-state index in [0.717, 1.165) is 24.6 Å². The fourth-order valence-corrected chi connectivity index (χ4v) is 3.19. The number of hydrogen-bond acceptors (Lipinski definition) is 6. The molecule has 150 valence electrons. The summed E-state index contributed by atoms with van der Waals surface area (Å²) in [6.45, 7) is 3.37. The van der Waals surface area contributed by atoms with Gasteiger partial charge in [0.15, 0.2) is 23.3 Å². The molecule has 0 saturated carbocycles. The van der Waals surface area contributed by atoms with Crippen molar-refractivity contribution < 1.29 is 9.84 Å². The molecule has 0 aliphatic carbocycles.